The summed E-state index contributed by atoms with van der Waals surface area (Å²) in [5.74, 6) is 1.13. The lowest BCUT2D eigenvalue weighted by Crippen LogP contribution is -2.48. The molecule has 0 unspecified atom stereocenters. The van der Waals surface area contributed by atoms with Crippen LogP contribution in [0.4, 0.5) is 5.69 Å². The number of piperazine rings is 1. The number of furan rings is 1. The minimum Gasteiger partial charge on any atom is -0.454 e. The third-order valence-electron chi connectivity index (χ3n) is 6.38. The summed E-state index contributed by atoms with van der Waals surface area (Å²) in [5, 5.41) is 0.726. The van der Waals surface area contributed by atoms with Gasteiger partial charge in [0.15, 0.2) is 5.76 Å². The molecule has 1 aliphatic heterocycles. The van der Waals surface area contributed by atoms with Crippen LogP contribution >= 0.6 is 11.6 Å². The van der Waals surface area contributed by atoms with E-state index in [0.717, 1.165) is 42.5 Å². The number of nitrogens with zero attached hydrogens (tertiary/aromatic N) is 4. The molecule has 4 rings (SSSR count). The second kappa shape index (κ2) is 11.5. The molecule has 3 heterocycles. The molecular weight excluding hydrogens is 464 g/mol. The van der Waals surface area contributed by atoms with Crippen LogP contribution in [0.2, 0.25) is 5.02 Å². The minimum absolute atomic E-state index is 0.0922. The van der Waals surface area contributed by atoms with E-state index >= 15 is 0 Å². The number of amides is 2. The van der Waals surface area contributed by atoms with Crippen molar-refractivity contribution in [2.24, 2.45) is 0 Å². The molecule has 0 saturated carbocycles. The van der Waals surface area contributed by atoms with Crippen molar-refractivity contribution in [1.82, 2.24) is 14.4 Å². The first-order chi connectivity index (χ1) is 17.0. The lowest BCUT2D eigenvalue weighted by Gasteiger charge is -2.36. The molecule has 35 heavy (non-hydrogen) atoms. The first-order valence-electron chi connectivity index (χ1n) is 12.3. The minimum atomic E-state index is -0.0922. The van der Waals surface area contributed by atoms with Gasteiger partial charge >= 0.3 is 0 Å². The number of aromatic nitrogens is 1. The Morgan fingerprint density at radius 2 is 1.77 bits per heavy atom. The summed E-state index contributed by atoms with van der Waals surface area (Å²) >= 11 is 6.33. The van der Waals surface area contributed by atoms with Crippen LogP contribution in [0.25, 0.3) is 0 Å². The van der Waals surface area contributed by atoms with Gasteiger partial charge < -0.3 is 23.7 Å². The fourth-order valence-corrected chi connectivity index (χ4v) is 4.74. The van der Waals surface area contributed by atoms with Crippen LogP contribution in [0, 0.1) is 0 Å². The zero-order chi connectivity index (χ0) is 24.8. The first-order valence-corrected chi connectivity index (χ1v) is 12.7. The summed E-state index contributed by atoms with van der Waals surface area (Å²) in [6, 6.07) is 15.4. The highest BCUT2D eigenvalue weighted by molar-refractivity contribution is 6.33. The zero-order valence-electron chi connectivity index (χ0n) is 20.5. The van der Waals surface area contributed by atoms with Crippen LogP contribution in [-0.4, -0.2) is 58.9 Å². The molecule has 0 aliphatic carbocycles. The highest BCUT2D eigenvalue weighted by atomic mass is 35.5. The number of carbonyl (C=O) groups excluding carboxylic acids is 2. The van der Waals surface area contributed by atoms with Crippen molar-refractivity contribution < 1.29 is 14.0 Å². The quantitative estimate of drug-likeness (QED) is 0.423. The van der Waals surface area contributed by atoms with E-state index in [2.05, 4.69) is 16.4 Å². The Morgan fingerprint density at radius 3 is 2.49 bits per heavy atom. The highest BCUT2D eigenvalue weighted by Gasteiger charge is 2.25. The van der Waals surface area contributed by atoms with E-state index < -0.39 is 0 Å². The number of para-hydroxylation sites is 1. The molecule has 0 atom stereocenters. The van der Waals surface area contributed by atoms with Crippen molar-refractivity contribution in [2.75, 3.05) is 37.6 Å². The Labute approximate surface area is 211 Å². The van der Waals surface area contributed by atoms with Gasteiger partial charge in [-0.15, -0.1) is 0 Å². The van der Waals surface area contributed by atoms with Gasteiger partial charge in [-0.25, -0.2) is 0 Å². The van der Waals surface area contributed by atoms with Gasteiger partial charge in [-0.3, -0.25) is 9.59 Å². The molecule has 0 radical (unpaired) electrons. The van der Waals surface area contributed by atoms with Gasteiger partial charge in [-0.2, -0.15) is 0 Å². The molecule has 1 aromatic carbocycles. The van der Waals surface area contributed by atoms with E-state index in [1.165, 1.54) is 0 Å². The zero-order valence-corrected chi connectivity index (χ0v) is 21.2. The topological polar surface area (TPSA) is 61.9 Å². The number of rotatable bonds is 9. The first kappa shape index (κ1) is 24.9. The summed E-state index contributed by atoms with van der Waals surface area (Å²) in [5.41, 5.74) is 2.04. The summed E-state index contributed by atoms with van der Waals surface area (Å²) in [6.07, 6.45) is 3.40. The molecule has 3 aromatic rings. The van der Waals surface area contributed by atoms with Gasteiger partial charge in [-0.05, 0) is 42.8 Å². The monoisotopic (exact) mass is 496 g/mol. The highest BCUT2D eigenvalue weighted by Crippen LogP contribution is 2.26. The molecule has 186 valence electrons. The van der Waals surface area contributed by atoms with Crippen molar-refractivity contribution >= 4 is 29.1 Å². The summed E-state index contributed by atoms with van der Waals surface area (Å²) in [4.78, 5) is 31.3. The van der Waals surface area contributed by atoms with Gasteiger partial charge in [0.05, 0.1) is 23.8 Å². The van der Waals surface area contributed by atoms with Crippen molar-refractivity contribution in [1.29, 1.82) is 0 Å². The predicted octanol–water partition coefficient (Wildman–Crippen LogP) is 4.89. The van der Waals surface area contributed by atoms with Crippen LogP contribution in [0.5, 0.6) is 0 Å². The van der Waals surface area contributed by atoms with Gasteiger partial charge in [0.25, 0.3) is 5.91 Å². The largest absolute Gasteiger partial charge is 0.454 e. The third-order valence-corrected chi connectivity index (χ3v) is 6.70. The number of carbonyl (C=O) groups is 2. The maximum absolute atomic E-state index is 13.1. The second-order valence-corrected chi connectivity index (χ2v) is 9.20. The maximum atomic E-state index is 13.1. The Balaban J connectivity index is 1.36. The molecule has 0 spiro atoms. The molecule has 8 heteroatoms. The van der Waals surface area contributed by atoms with Crippen LogP contribution in [0.1, 0.15) is 48.7 Å². The van der Waals surface area contributed by atoms with Crippen molar-refractivity contribution in [3.63, 3.8) is 0 Å². The van der Waals surface area contributed by atoms with E-state index in [0.29, 0.717) is 44.1 Å². The van der Waals surface area contributed by atoms with Crippen LogP contribution in [-0.2, 0) is 17.9 Å². The number of hydrogen-bond acceptors (Lipinski definition) is 4. The molecule has 0 bridgehead atoms. The Hall–Kier alpha value is -3.19. The van der Waals surface area contributed by atoms with E-state index in [1.54, 1.807) is 6.07 Å². The van der Waals surface area contributed by atoms with Crippen LogP contribution in [0.15, 0.2) is 59.1 Å². The summed E-state index contributed by atoms with van der Waals surface area (Å²) in [7, 11) is 0. The molecule has 2 amide bonds. The Bertz CT molecular complexity index is 1150. The molecule has 7 nitrogen and oxygen atoms in total. The van der Waals surface area contributed by atoms with Crippen molar-refractivity contribution in [3.8, 4) is 0 Å². The SMILES string of the molecule is CCCN(Cc1cccn1Cc1ccc(C(=O)N2CCN(c3ccccc3Cl)CC2)o1)C(=O)CC. The average molecular weight is 497 g/mol. The fourth-order valence-electron chi connectivity index (χ4n) is 4.49. The molecule has 1 fully saturated rings. The van der Waals surface area contributed by atoms with E-state index in [9.17, 15) is 9.59 Å². The maximum Gasteiger partial charge on any atom is 0.289 e. The van der Waals surface area contributed by atoms with Gasteiger partial charge in [0, 0.05) is 51.0 Å². The Morgan fingerprint density at radius 1 is 1.00 bits per heavy atom. The fraction of sp³-hybridized carbons (Fsp3) is 0.407. The van der Waals surface area contributed by atoms with Crippen LogP contribution < -0.4 is 4.90 Å². The third kappa shape index (κ3) is 5.90. The average Bonchev–Trinajstić information content (AvgIpc) is 3.53. The standard InChI is InChI=1S/C27H33ClN4O3/c1-3-13-32(26(33)4-2)19-21-8-7-14-31(21)20-22-11-12-25(35-22)27(34)30-17-15-29(16-18-30)24-10-6-5-9-23(24)28/h5-12,14H,3-4,13,15-20H2,1-2H3. The number of halogens is 1. The number of benzene rings is 1. The lowest BCUT2D eigenvalue weighted by molar-refractivity contribution is -0.131. The summed E-state index contributed by atoms with van der Waals surface area (Å²) < 4.78 is 8.02. The molecule has 1 aliphatic rings. The predicted molar refractivity (Wildman–Crippen MR) is 138 cm³/mol. The molecular formula is C27H33ClN4O3. The normalized spacial score (nSPS) is 13.8. The number of hydrogen-bond donors (Lipinski definition) is 0. The molecule has 1 saturated heterocycles. The van der Waals surface area contributed by atoms with Crippen molar-refractivity contribution in [3.05, 3.63) is 77.0 Å². The summed E-state index contributed by atoms with van der Waals surface area (Å²) in [6.45, 7) is 8.45. The smallest absolute Gasteiger partial charge is 0.289 e. The van der Waals surface area contributed by atoms with Gasteiger partial charge in [0.1, 0.15) is 5.76 Å². The van der Waals surface area contributed by atoms with Crippen LogP contribution in [0.3, 0.4) is 0 Å². The van der Waals surface area contributed by atoms with E-state index in [1.807, 2.05) is 65.4 Å². The lowest BCUT2D eigenvalue weighted by atomic mass is 10.2. The molecule has 0 N–H and O–H groups in total. The molecule has 2 aromatic heterocycles. The van der Waals surface area contributed by atoms with Gasteiger partial charge in [0.2, 0.25) is 5.91 Å². The Kier molecular flexibility index (Phi) is 8.18. The van der Waals surface area contributed by atoms with Gasteiger partial charge in [-0.1, -0.05) is 37.6 Å². The van der Waals surface area contributed by atoms with E-state index in [-0.39, 0.29) is 11.8 Å². The number of anilines is 1. The second-order valence-electron chi connectivity index (χ2n) is 8.79. The van der Waals surface area contributed by atoms with E-state index in [4.69, 9.17) is 16.0 Å². The van der Waals surface area contributed by atoms with Crippen molar-refractivity contribution in [2.45, 2.75) is 39.8 Å².